The number of rotatable bonds is 6. The molecular formula is C21H25N3OS. The number of likely N-dealkylation sites (tertiary alicyclic amines) is 1. The number of nitrogens with zero attached hydrogens (tertiary/aromatic N) is 3. The molecule has 0 N–H and O–H groups in total. The Morgan fingerprint density at radius 2 is 2.08 bits per heavy atom. The Morgan fingerprint density at radius 1 is 1.19 bits per heavy atom. The van der Waals surface area contributed by atoms with E-state index in [1.807, 2.05) is 18.3 Å². The van der Waals surface area contributed by atoms with Crippen molar-refractivity contribution in [3.63, 3.8) is 0 Å². The number of ether oxygens (including phenoxy) is 1. The Morgan fingerprint density at radius 3 is 2.85 bits per heavy atom. The van der Waals surface area contributed by atoms with Gasteiger partial charge in [-0.05, 0) is 69.2 Å². The van der Waals surface area contributed by atoms with Crippen molar-refractivity contribution in [2.24, 2.45) is 0 Å². The summed E-state index contributed by atoms with van der Waals surface area (Å²) >= 11 is 1.79. The minimum absolute atomic E-state index is 0.631. The topological polar surface area (TPSA) is 38.2 Å². The van der Waals surface area contributed by atoms with Gasteiger partial charge in [0.15, 0.2) is 0 Å². The molecule has 0 atom stereocenters. The van der Waals surface area contributed by atoms with Crippen molar-refractivity contribution in [1.29, 1.82) is 0 Å². The minimum Gasteiger partial charge on any atom is -0.497 e. The van der Waals surface area contributed by atoms with Crippen LogP contribution in [-0.4, -0.2) is 41.6 Å². The Bertz CT molecular complexity index is 841. The standard InChI is InChI=1S/C21H25N3OS/c1-25-17-7-8-19-20(15-17)26-21(23-19)6-4-12-24-13-9-16(10-14-24)18-5-2-3-11-22-18/h2-3,5,7-8,11,15-16H,4,6,9-10,12-14H2,1H3. The zero-order valence-electron chi connectivity index (χ0n) is 15.2. The molecule has 4 nitrogen and oxygen atoms in total. The summed E-state index contributed by atoms with van der Waals surface area (Å²) in [4.78, 5) is 11.9. The van der Waals surface area contributed by atoms with Gasteiger partial charge < -0.3 is 9.64 Å². The van der Waals surface area contributed by atoms with Crippen LogP contribution in [0.4, 0.5) is 0 Å². The van der Waals surface area contributed by atoms with Crippen molar-refractivity contribution in [3.8, 4) is 5.75 Å². The summed E-state index contributed by atoms with van der Waals surface area (Å²) in [6.07, 6.45) is 6.58. The molecule has 4 rings (SSSR count). The number of pyridine rings is 1. The molecule has 0 bridgehead atoms. The highest BCUT2D eigenvalue weighted by Gasteiger charge is 2.21. The number of thiazole rings is 1. The largest absolute Gasteiger partial charge is 0.497 e. The van der Waals surface area contributed by atoms with Crippen LogP contribution in [0, 0.1) is 0 Å². The van der Waals surface area contributed by atoms with Crippen molar-refractivity contribution < 1.29 is 4.74 Å². The zero-order valence-corrected chi connectivity index (χ0v) is 16.0. The predicted octanol–water partition coefficient (Wildman–Crippen LogP) is 4.51. The van der Waals surface area contributed by atoms with E-state index in [2.05, 4.69) is 34.1 Å². The van der Waals surface area contributed by atoms with Crippen LogP contribution < -0.4 is 4.74 Å². The Labute approximate surface area is 158 Å². The lowest BCUT2D eigenvalue weighted by molar-refractivity contribution is 0.209. The van der Waals surface area contributed by atoms with E-state index in [1.165, 1.54) is 47.8 Å². The van der Waals surface area contributed by atoms with Crippen molar-refractivity contribution >= 4 is 21.6 Å². The molecule has 1 fully saturated rings. The summed E-state index contributed by atoms with van der Waals surface area (Å²) in [7, 11) is 1.71. The molecule has 0 amide bonds. The van der Waals surface area contributed by atoms with E-state index in [-0.39, 0.29) is 0 Å². The van der Waals surface area contributed by atoms with E-state index >= 15 is 0 Å². The lowest BCUT2D eigenvalue weighted by Crippen LogP contribution is -2.34. The average molecular weight is 368 g/mol. The smallest absolute Gasteiger partial charge is 0.120 e. The number of aryl methyl sites for hydroxylation is 1. The van der Waals surface area contributed by atoms with Crippen molar-refractivity contribution in [2.45, 2.75) is 31.6 Å². The van der Waals surface area contributed by atoms with Crippen LogP contribution in [0.2, 0.25) is 0 Å². The predicted molar refractivity (Wildman–Crippen MR) is 107 cm³/mol. The van der Waals surface area contributed by atoms with Gasteiger partial charge in [0.05, 0.1) is 22.3 Å². The van der Waals surface area contributed by atoms with E-state index in [1.54, 1.807) is 18.4 Å². The second-order valence-electron chi connectivity index (χ2n) is 6.92. The van der Waals surface area contributed by atoms with Crippen LogP contribution in [0.1, 0.15) is 35.9 Å². The van der Waals surface area contributed by atoms with Crippen LogP contribution >= 0.6 is 11.3 Å². The summed E-state index contributed by atoms with van der Waals surface area (Å²) in [5.74, 6) is 1.54. The van der Waals surface area contributed by atoms with E-state index < -0.39 is 0 Å². The monoisotopic (exact) mass is 367 g/mol. The third-order valence-electron chi connectivity index (χ3n) is 5.20. The van der Waals surface area contributed by atoms with Crippen LogP contribution in [0.15, 0.2) is 42.6 Å². The molecule has 1 saturated heterocycles. The summed E-state index contributed by atoms with van der Waals surface area (Å²) in [6.45, 7) is 3.52. The lowest BCUT2D eigenvalue weighted by Gasteiger charge is -2.31. The maximum absolute atomic E-state index is 5.30. The van der Waals surface area contributed by atoms with Gasteiger partial charge in [-0.15, -0.1) is 11.3 Å². The first-order valence-electron chi connectivity index (χ1n) is 9.38. The Balaban J connectivity index is 1.25. The van der Waals surface area contributed by atoms with Gasteiger partial charge in [-0.2, -0.15) is 0 Å². The molecule has 1 aromatic carbocycles. The fourth-order valence-electron chi connectivity index (χ4n) is 3.71. The summed E-state index contributed by atoms with van der Waals surface area (Å²) < 4.78 is 6.52. The first kappa shape index (κ1) is 17.4. The number of hydrogen-bond donors (Lipinski definition) is 0. The molecule has 136 valence electrons. The summed E-state index contributed by atoms with van der Waals surface area (Å²) in [5, 5.41) is 1.23. The number of methoxy groups -OCH3 is 1. The van der Waals surface area contributed by atoms with Crippen LogP contribution in [0.5, 0.6) is 5.75 Å². The van der Waals surface area contributed by atoms with Crippen LogP contribution in [-0.2, 0) is 6.42 Å². The quantitative estimate of drug-likeness (QED) is 0.642. The Kier molecular flexibility index (Phi) is 5.46. The molecule has 1 aliphatic rings. The highest BCUT2D eigenvalue weighted by molar-refractivity contribution is 7.18. The molecule has 26 heavy (non-hydrogen) atoms. The molecule has 1 aliphatic heterocycles. The molecule has 0 unspecified atom stereocenters. The first-order chi connectivity index (χ1) is 12.8. The average Bonchev–Trinajstić information content (AvgIpc) is 3.11. The van der Waals surface area contributed by atoms with E-state index in [4.69, 9.17) is 9.72 Å². The maximum Gasteiger partial charge on any atom is 0.120 e. The third kappa shape index (κ3) is 4.05. The van der Waals surface area contributed by atoms with Gasteiger partial charge in [0.2, 0.25) is 0 Å². The third-order valence-corrected chi connectivity index (χ3v) is 6.28. The minimum atomic E-state index is 0.631. The fourth-order valence-corrected chi connectivity index (χ4v) is 4.75. The second-order valence-corrected chi connectivity index (χ2v) is 8.03. The molecule has 3 aromatic rings. The van der Waals surface area contributed by atoms with Crippen LogP contribution in [0.3, 0.4) is 0 Å². The van der Waals surface area contributed by atoms with Gasteiger partial charge in [0, 0.05) is 24.2 Å². The van der Waals surface area contributed by atoms with E-state index in [0.29, 0.717) is 5.92 Å². The first-order valence-corrected chi connectivity index (χ1v) is 10.2. The highest BCUT2D eigenvalue weighted by atomic mass is 32.1. The maximum atomic E-state index is 5.30. The molecular weight excluding hydrogens is 342 g/mol. The number of fused-ring (bicyclic) bond motifs is 1. The van der Waals surface area contributed by atoms with Crippen molar-refractivity contribution in [3.05, 3.63) is 53.3 Å². The Hall–Kier alpha value is -1.98. The van der Waals surface area contributed by atoms with Crippen molar-refractivity contribution in [1.82, 2.24) is 14.9 Å². The fraction of sp³-hybridized carbons (Fsp3) is 0.429. The molecule has 0 radical (unpaired) electrons. The van der Waals surface area contributed by atoms with Gasteiger partial charge in [0.25, 0.3) is 0 Å². The molecule has 2 aromatic heterocycles. The number of hydrogen-bond acceptors (Lipinski definition) is 5. The molecule has 0 saturated carbocycles. The summed E-state index contributed by atoms with van der Waals surface area (Å²) in [5.41, 5.74) is 2.35. The highest BCUT2D eigenvalue weighted by Crippen LogP contribution is 2.28. The zero-order chi connectivity index (χ0) is 17.8. The molecule has 5 heteroatoms. The molecule has 3 heterocycles. The van der Waals surface area contributed by atoms with Crippen molar-refractivity contribution in [2.75, 3.05) is 26.7 Å². The molecule has 0 aliphatic carbocycles. The van der Waals surface area contributed by atoms with Gasteiger partial charge in [-0.3, -0.25) is 4.98 Å². The van der Waals surface area contributed by atoms with Crippen LogP contribution in [0.25, 0.3) is 10.2 Å². The van der Waals surface area contributed by atoms with E-state index in [9.17, 15) is 0 Å². The molecule has 0 spiro atoms. The number of aromatic nitrogens is 2. The van der Waals surface area contributed by atoms with Gasteiger partial charge >= 0.3 is 0 Å². The van der Waals surface area contributed by atoms with Gasteiger partial charge in [0.1, 0.15) is 5.75 Å². The SMILES string of the molecule is COc1ccc2nc(CCCN3CCC(c4ccccn4)CC3)sc2c1. The normalized spacial score (nSPS) is 16.2. The van der Waals surface area contributed by atoms with E-state index in [0.717, 1.165) is 24.2 Å². The lowest BCUT2D eigenvalue weighted by atomic mass is 9.93. The number of piperidine rings is 1. The number of benzene rings is 1. The second kappa shape index (κ2) is 8.14. The van der Waals surface area contributed by atoms with Gasteiger partial charge in [-0.1, -0.05) is 6.07 Å². The van der Waals surface area contributed by atoms with Gasteiger partial charge in [-0.25, -0.2) is 4.98 Å². The summed E-state index contributed by atoms with van der Waals surface area (Å²) in [6, 6.07) is 12.4.